The Morgan fingerprint density at radius 1 is 0.309 bits per heavy atom. The van der Waals surface area contributed by atoms with Crippen molar-refractivity contribution in [2.24, 2.45) is 0 Å². The van der Waals surface area contributed by atoms with Crippen molar-refractivity contribution in [3.05, 3.63) is 122 Å². The van der Waals surface area contributed by atoms with Crippen molar-refractivity contribution in [1.82, 2.24) is 0 Å². The summed E-state index contributed by atoms with van der Waals surface area (Å²) in [6.07, 6.45) is 76.5. The summed E-state index contributed by atoms with van der Waals surface area (Å²) in [7, 11) is 0. The maximum Gasteiger partial charge on any atom is 0.306 e. The normalized spacial score (nSPS) is 13.0. The first kappa shape index (κ1) is 63.8. The average Bonchev–Trinajstić information content (AvgIpc) is 3.34. The van der Waals surface area contributed by atoms with Gasteiger partial charge in [0.15, 0.2) is 6.10 Å². The van der Waals surface area contributed by atoms with Crippen molar-refractivity contribution < 1.29 is 28.6 Å². The summed E-state index contributed by atoms with van der Waals surface area (Å²) >= 11 is 0. The lowest BCUT2D eigenvalue weighted by Crippen LogP contribution is -2.30. The third-order valence-electron chi connectivity index (χ3n) is 11.2. The number of allylic oxidation sites excluding steroid dienone is 20. The number of rotatable bonds is 48. The molecule has 1 atom stereocenters. The van der Waals surface area contributed by atoms with Crippen molar-refractivity contribution in [3.8, 4) is 0 Å². The third kappa shape index (κ3) is 52.8. The second-order valence-corrected chi connectivity index (χ2v) is 17.7. The van der Waals surface area contributed by atoms with E-state index in [-0.39, 0.29) is 37.5 Å². The lowest BCUT2D eigenvalue weighted by molar-refractivity contribution is -0.167. The van der Waals surface area contributed by atoms with Crippen LogP contribution in [0.25, 0.3) is 0 Å². The maximum atomic E-state index is 12.8. The molecule has 0 aliphatic heterocycles. The van der Waals surface area contributed by atoms with E-state index in [4.69, 9.17) is 14.2 Å². The first-order valence-corrected chi connectivity index (χ1v) is 27.5. The van der Waals surface area contributed by atoms with E-state index in [0.717, 1.165) is 116 Å². The number of hydrogen-bond acceptors (Lipinski definition) is 6. The van der Waals surface area contributed by atoms with Gasteiger partial charge in [-0.05, 0) is 109 Å². The molecular weight excluding hydrogens is 841 g/mol. The van der Waals surface area contributed by atoms with Crippen LogP contribution in [0.5, 0.6) is 0 Å². The molecule has 0 aliphatic rings. The van der Waals surface area contributed by atoms with Crippen molar-refractivity contribution in [1.29, 1.82) is 0 Å². The fraction of sp³-hybridized carbons (Fsp3) is 0.629. The highest BCUT2D eigenvalue weighted by molar-refractivity contribution is 5.71. The van der Waals surface area contributed by atoms with Crippen LogP contribution in [0.4, 0.5) is 0 Å². The molecular formula is C62H100O6. The molecule has 0 aliphatic carbocycles. The summed E-state index contributed by atoms with van der Waals surface area (Å²) in [6.45, 7) is 6.30. The Bertz CT molecular complexity index is 1450. The molecule has 0 fully saturated rings. The third-order valence-corrected chi connectivity index (χ3v) is 11.2. The molecule has 1 unspecified atom stereocenters. The van der Waals surface area contributed by atoms with Crippen LogP contribution in [-0.4, -0.2) is 37.2 Å². The van der Waals surface area contributed by atoms with Gasteiger partial charge in [0.25, 0.3) is 0 Å². The Balaban J connectivity index is 4.28. The average molecular weight is 941 g/mol. The minimum atomic E-state index is -0.803. The van der Waals surface area contributed by atoms with Gasteiger partial charge in [-0.15, -0.1) is 0 Å². The van der Waals surface area contributed by atoms with E-state index in [9.17, 15) is 14.4 Å². The standard InChI is InChI=1S/C62H100O6/c1-4-7-10-13-16-18-20-22-24-26-28-30-31-33-34-36-38-40-42-44-46-49-52-55-61(64)67-58-59(57-66-60(63)54-51-48-15-12-9-6-3)68-62(65)56-53-50-47-45-43-41-39-37-35-32-29-27-25-23-21-19-17-14-11-8-5-2/h7-8,10-11,16-19,22-25,28-30,32,37,39,43,45,59H,4-6,9,12-15,20-21,26-27,31,33-36,38,40-42,44,46-58H2,1-3H3/b10-7-,11-8-,18-16-,19-17-,24-22-,25-23-,30-28-,32-29-,39-37-,45-43-. The Labute approximate surface area is 418 Å². The van der Waals surface area contributed by atoms with Gasteiger partial charge in [-0.2, -0.15) is 0 Å². The molecule has 0 heterocycles. The molecule has 0 saturated heterocycles. The molecule has 0 N–H and O–H groups in total. The lowest BCUT2D eigenvalue weighted by atomic mass is 10.1. The number of hydrogen-bond donors (Lipinski definition) is 0. The van der Waals surface area contributed by atoms with E-state index in [1.165, 1.54) is 70.6 Å². The predicted octanol–water partition coefficient (Wildman–Crippen LogP) is 18.5. The molecule has 0 radical (unpaired) electrons. The van der Waals surface area contributed by atoms with Crippen LogP contribution in [0, 0.1) is 0 Å². The summed E-state index contributed by atoms with van der Waals surface area (Å²) in [5.41, 5.74) is 0. The Morgan fingerprint density at radius 2 is 0.574 bits per heavy atom. The summed E-state index contributed by atoms with van der Waals surface area (Å²) in [6, 6.07) is 0. The number of carbonyl (C=O) groups excluding carboxylic acids is 3. The van der Waals surface area contributed by atoms with Gasteiger partial charge in [-0.3, -0.25) is 14.4 Å². The number of esters is 3. The second-order valence-electron chi connectivity index (χ2n) is 17.7. The lowest BCUT2D eigenvalue weighted by Gasteiger charge is -2.18. The minimum absolute atomic E-state index is 0.0997. The largest absolute Gasteiger partial charge is 0.462 e. The quantitative estimate of drug-likeness (QED) is 0.0262. The molecule has 0 aromatic rings. The van der Waals surface area contributed by atoms with Gasteiger partial charge in [0, 0.05) is 19.3 Å². The highest BCUT2D eigenvalue weighted by Gasteiger charge is 2.19. The smallest absolute Gasteiger partial charge is 0.306 e. The van der Waals surface area contributed by atoms with Crippen LogP contribution in [-0.2, 0) is 28.6 Å². The minimum Gasteiger partial charge on any atom is -0.462 e. The number of unbranched alkanes of at least 4 members (excludes halogenated alkanes) is 17. The first-order valence-electron chi connectivity index (χ1n) is 27.5. The predicted molar refractivity (Wildman–Crippen MR) is 293 cm³/mol. The molecule has 0 bridgehead atoms. The molecule has 0 aromatic heterocycles. The van der Waals surface area contributed by atoms with E-state index in [2.05, 4.69) is 142 Å². The summed E-state index contributed by atoms with van der Waals surface area (Å²) < 4.78 is 16.7. The summed E-state index contributed by atoms with van der Waals surface area (Å²) in [5, 5.41) is 0. The van der Waals surface area contributed by atoms with Crippen molar-refractivity contribution >= 4 is 17.9 Å². The van der Waals surface area contributed by atoms with Crippen LogP contribution >= 0.6 is 0 Å². The van der Waals surface area contributed by atoms with Crippen LogP contribution < -0.4 is 0 Å². The van der Waals surface area contributed by atoms with Gasteiger partial charge in [0.2, 0.25) is 0 Å². The van der Waals surface area contributed by atoms with Gasteiger partial charge in [0.1, 0.15) is 13.2 Å². The molecule has 6 nitrogen and oxygen atoms in total. The topological polar surface area (TPSA) is 78.9 Å². The highest BCUT2D eigenvalue weighted by atomic mass is 16.6. The number of ether oxygens (including phenoxy) is 3. The molecule has 0 aromatic carbocycles. The molecule has 0 rings (SSSR count). The monoisotopic (exact) mass is 941 g/mol. The molecule has 6 heteroatoms. The molecule has 0 amide bonds. The first-order chi connectivity index (χ1) is 33.5. The Morgan fingerprint density at radius 3 is 0.926 bits per heavy atom. The fourth-order valence-electron chi connectivity index (χ4n) is 7.14. The molecule has 0 spiro atoms. The van der Waals surface area contributed by atoms with E-state index in [1.807, 2.05) is 0 Å². The zero-order valence-corrected chi connectivity index (χ0v) is 43.8. The zero-order valence-electron chi connectivity index (χ0n) is 43.8. The fourth-order valence-corrected chi connectivity index (χ4v) is 7.14. The Hall–Kier alpha value is -4.19. The van der Waals surface area contributed by atoms with Crippen molar-refractivity contribution in [2.75, 3.05) is 13.2 Å². The van der Waals surface area contributed by atoms with Crippen LogP contribution in [0.1, 0.15) is 233 Å². The van der Waals surface area contributed by atoms with E-state index in [1.54, 1.807) is 0 Å². The summed E-state index contributed by atoms with van der Waals surface area (Å²) in [5.74, 6) is -0.962. The van der Waals surface area contributed by atoms with Gasteiger partial charge in [-0.25, -0.2) is 0 Å². The van der Waals surface area contributed by atoms with Crippen molar-refractivity contribution in [3.63, 3.8) is 0 Å². The van der Waals surface area contributed by atoms with Gasteiger partial charge >= 0.3 is 17.9 Å². The summed E-state index contributed by atoms with van der Waals surface area (Å²) in [4.78, 5) is 37.8. The van der Waals surface area contributed by atoms with Gasteiger partial charge in [-0.1, -0.05) is 226 Å². The van der Waals surface area contributed by atoms with E-state index in [0.29, 0.717) is 19.3 Å². The second kappa shape index (κ2) is 55.4. The highest BCUT2D eigenvalue weighted by Crippen LogP contribution is 2.14. The van der Waals surface area contributed by atoms with Crippen molar-refractivity contribution in [2.45, 2.75) is 239 Å². The SMILES string of the molecule is CC/C=C\C/C=C\C/C=C\C/C=C\C/C=C\C/C=C\CCCCC(=O)OC(COC(=O)CCCCCCCC)COC(=O)CCCCCCCCCCCC/C=C\C/C=C\C/C=C\C/C=C\CC. The Kier molecular flexibility index (Phi) is 52.0. The molecule has 0 saturated carbocycles. The zero-order chi connectivity index (χ0) is 49.3. The van der Waals surface area contributed by atoms with Crippen LogP contribution in [0.2, 0.25) is 0 Å². The van der Waals surface area contributed by atoms with Gasteiger partial charge in [0.05, 0.1) is 0 Å². The van der Waals surface area contributed by atoms with E-state index < -0.39 is 6.10 Å². The van der Waals surface area contributed by atoms with Gasteiger partial charge < -0.3 is 14.2 Å². The number of carbonyl (C=O) groups is 3. The van der Waals surface area contributed by atoms with Crippen LogP contribution in [0.3, 0.4) is 0 Å². The van der Waals surface area contributed by atoms with E-state index >= 15 is 0 Å². The molecule has 384 valence electrons. The molecule has 68 heavy (non-hydrogen) atoms. The maximum absolute atomic E-state index is 12.8. The van der Waals surface area contributed by atoms with Crippen LogP contribution in [0.15, 0.2) is 122 Å².